The molecule has 30 heavy (non-hydrogen) atoms. The second kappa shape index (κ2) is 8.05. The third-order valence-electron chi connectivity index (χ3n) is 5.01. The maximum Gasteiger partial charge on any atom is 1.00 e. The van der Waals surface area contributed by atoms with E-state index in [1.165, 1.54) is 24.3 Å². The molecule has 0 amide bonds. The fourth-order valence-electron chi connectivity index (χ4n) is 3.86. The molecule has 0 spiro atoms. The van der Waals surface area contributed by atoms with Gasteiger partial charge in [0.15, 0.2) is 0 Å². The van der Waals surface area contributed by atoms with Crippen LogP contribution in [0.5, 0.6) is 0 Å². The van der Waals surface area contributed by atoms with Crippen LogP contribution in [0.1, 0.15) is 12.6 Å². The predicted molar refractivity (Wildman–Crippen MR) is 113 cm³/mol. The quantitative estimate of drug-likeness (QED) is 0.354. The molecule has 2 N–H and O–H groups in total. The van der Waals surface area contributed by atoms with Gasteiger partial charge in [0.25, 0.3) is 24.3 Å². The van der Waals surface area contributed by atoms with E-state index in [1.807, 2.05) is 0 Å². The van der Waals surface area contributed by atoms with Crippen molar-refractivity contribution in [2.45, 2.75) is 4.08 Å². The minimum absolute atomic E-state index is 0. The second-order valence-electron chi connectivity index (χ2n) is 6.62. The van der Waals surface area contributed by atoms with Crippen LogP contribution in [-0.2, 0) is 24.3 Å². The first-order valence-electron chi connectivity index (χ1n) is 8.58. The molecule has 6 nitrogen and oxygen atoms in total. The summed E-state index contributed by atoms with van der Waals surface area (Å²) in [6.45, 7) is 0. The van der Waals surface area contributed by atoms with Gasteiger partial charge in [0.05, 0.1) is 0 Å². The molecule has 4 aromatic rings. The summed E-state index contributed by atoms with van der Waals surface area (Å²) < 4.78 is 68.7. The molecule has 0 unspecified atom stereocenters. The Labute approximate surface area is 197 Å². The van der Waals surface area contributed by atoms with E-state index >= 15 is 0 Å². The molecular formula is C21H17NaO6S2. The first kappa shape index (κ1) is 22.9. The van der Waals surface area contributed by atoms with Crippen LogP contribution in [0, 0.1) is 0 Å². The monoisotopic (exact) mass is 452 g/mol. The van der Waals surface area contributed by atoms with Crippen molar-refractivity contribution >= 4 is 41.8 Å². The zero-order chi connectivity index (χ0) is 20.9. The third kappa shape index (κ3) is 3.38. The Morgan fingerprint density at radius 1 is 0.567 bits per heavy atom. The largest absolute Gasteiger partial charge is 1.00 e. The van der Waals surface area contributed by atoms with Gasteiger partial charge in [-0.05, 0) is 21.5 Å². The van der Waals surface area contributed by atoms with Crippen LogP contribution in [0.15, 0.2) is 84.9 Å². The average molecular weight is 452 g/mol. The molecule has 0 fully saturated rings. The normalized spacial score (nSPS) is 12.6. The van der Waals surface area contributed by atoms with Crippen LogP contribution < -0.4 is 29.6 Å². The smallest absolute Gasteiger partial charge is 1.00 e. The van der Waals surface area contributed by atoms with Gasteiger partial charge in [-0.15, -0.1) is 0 Å². The van der Waals surface area contributed by atoms with E-state index in [9.17, 15) is 25.9 Å². The van der Waals surface area contributed by atoms with Gasteiger partial charge in [0.2, 0.25) is 0 Å². The SMILES string of the molecule is O=S(=O)(O)C(c1cccc2ccccc12)(c1cccc2ccccc12)S(=O)(=O)O.[H-].[Na+]. The summed E-state index contributed by atoms with van der Waals surface area (Å²) in [6, 6.07) is 22.0. The van der Waals surface area contributed by atoms with E-state index < -0.39 is 24.3 Å². The van der Waals surface area contributed by atoms with Crippen LogP contribution in [0.25, 0.3) is 21.5 Å². The molecule has 9 heteroatoms. The Bertz CT molecular complexity index is 1350. The van der Waals surface area contributed by atoms with Crippen molar-refractivity contribution in [1.82, 2.24) is 0 Å². The predicted octanol–water partition coefficient (Wildman–Crippen LogP) is 1.09. The van der Waals surface area contributed by atoms with Gasteiger partial charge in [0.1, 0.15) is 0 Å². The van der Waals surface area contributed by atoms with Crippen LogP contribution >= 0.6 is 0 Å². The van der Waals surface area contributed by atoms with Crippen molar-refractivity contribution in [3.63, 3.8) is 0 Å². The Morgan fingerprint density at radius 3 is 1.27 bits per heavy atom. The van der Waals surface area contributed by atoms with Crippen LogP contribution in [0.3, 0.4) is 0 Å². The zero-order valence-electron chi connectivity index (χ0n) is 16.9. The number of fused-ring (bicyclic) bond motifs is 2. The van der Waals surface area contributed by atoms with E-state index in [2.05, 4.69) is 0 Å². The minimum atomic E-state index is -5.41. The maximum absolute atomic E-state index is 12.8. The van der Waals surface area contributed by atoms with Gasteiger partial charge in [-0.1, -0.05) is 84.9 Å². The van der Waals surface area contributed by atoms with Crippen molar-refractivity contribution in [3.05, 3.63) is 96.1 Å². The summed E-state index contributed by atoms with van der Waals surface area (Å²) in [7, 11) is -10.8. The topological polar surface area (TPSA) is 109 Å². The summed E-state index contributed by atoms with van der Waals surface area (Å²) in [5.74, 6) is 0. The molecule has 0 aliphatic rings. The first-order chi connectivity index (χ1) is 13.7. The summed E-state index contributed by atoms with van der Waals surface area (Å²) in [5.41, 5.74) is -0.506. The van der Waals surface area contributed by atoms with Gasteiger partial charge in [0, 0.05) is 11.1 Å². The standard InChI is InChI=1S/C21H16O6S2.Na.H/c22-28(23,24)21(29(25,26)27,19-13-5-9-15-7-1-3-11-17(15)19)20-14-6-10-16-8-2-4-12-18(16)20;;/h1-14H,(H,22,23,24)(H,25,26,27);;/q;+1;-1. The van der Waals surface area contributed by atoms with E-state index in [4.69, 9.17) is 0 Å². The van der Waals surface area contributed by atoms with E-state index in [1.54, 1.807) is 60.7 Å². The fraction of sp³-hybridized carbons (Fsp3) is 0.0476. The Morgan fingerprint density at radius 2 is 0.900 bits per heavy atom. The summed E-state index contributed by atoms with van der Waals surface area (Å²) in [6.07, 6.45) is 0. The van der Waals surface area contributed by atoms with E-state index in [0.29, 0.717) is 10.8 Å². The molecule has 4 rings (SSSR count). The molecule has 0 heterocycles. The average Bonchev–Trinajstić information content (AvgIpc) is 2.67. The molecule has 0 aromatic heterocycles. The number of hydrogen-bond donors (Lipinski definition) is 2. The third-order valence-corrected chi connectivity index (χ3v) is 8.61. The number of rotatable bonds is 4. The molecule has 0 atom stereocenters. The van der Waals surface area contributed by atoms with Crippen LogP contribution in [0.4, 0.5) is 0 Å². The van der Waals surface area contributed by atoms with Crippen LogP contribution in [0.2, 0.25) is 0 Å². The van der Waals surface area contributed by atoms with Crippen molar-refractivity contribution in [1.29, 1.82) is 0 Å². The van der Waals surface area contributed by atoms with Crippen molar-refractivity contribution in [2.24, 2.45) is 0 Å². The minimum Gasteiger partial charge on any atom is -1.00 e. The van der Waals surface area contributed by atoms with Crippen LogP contribution in [-0.4, -0.2) is 25.9 Å². The molecule has 0 aliphatic carbocycles. The molecule has 0 saturated heterocycles. The number of benzene rings is 4. The molecule has 150 valence electrons. The molecule has 4 aromatic carbocycles. The van der Waals surface area contributed by atoms with Gasteiger partial charge in [-0.3, -0.25) is 9.11 Å². The first-order valence-corrected chi connectivity index (χ1v) is 11.5. The zero-order valence-corrected chi connectivity index (χ0v) is 19.6. The van der Waals surface area contributed by atoms with Crippen molar-refractivity contribution in [2.75, 3.05) is 0 Å². The van der Waals surface area contributed by atoms with E-state index in [-0.39, 0.29) is 52.9 Å². The van der Waals surface area contributed by atoms with Gasteiger partial charge >= 0.3 is 29.6 Å². The van der Waals surface area contributed by atoms with Crippen molar-refractivity contribution in [3.8, 4) is 0 Å². The number of hydrogen-bond acceptors (Lipinski definition) is 4. The second-order valence-corrected chi connectivity index (χ2v) is 10.0. The Kier molecular flexibility index (Phi) is 6.14. The van der Waals surface area contributed by atoms with Gasteiger partial charge in [-0.2, -0.15) is 16.8 Å². The molecule has 0 aliphatic heterocycles. The molecule has 0 bridgehead atoms. The Balaban J connectivity index is 0.00000171. The summed E-state index contributed by atoms with van der Waals surface area (Å²) in [5, 5.41) is 1.67. The van der Waals surface area contributed by atoms with Crippen molar-refractivity contribution < 1.29 is 56.9 Å². The molecular weight excluding hydrogens is 435 g/mol. The maximum atomic E-state index is 12.8. The van der Waals surface area contributed by atoms with E-state index in [0.717, 1.165) is 0 Å². The Hall–Kier alpha value is -1.78. The van der Waals surface area contributed by atoms with Gasteiger partial charge in [-0.25, -0.2) is 0 Å². The molecule has 0 radical (unpaired) electrons. The van der Waals surface area contributed by atoms with Gasteiger partial charge < -0.3 is 1.43 Å². The fourth-order valence-corrected chi connectivity index (χ4v) is 6.75. The summed E-state index contributed by atoms with van der Waals surface area (Å²) in [4.78, 5) is 0. The summed E-state index contributed by atoms with van der Waals surface area (Å²) >= 11 is 0. The molecule has 0 saturated carbocycles.